The van der Waals surface area contributed by atoms with E-state index in [1.54, 1.807) is 13.0 Å². The third-order valence-electron chi connectivity index (χ3n) is 10.8. The molecule has 6 aliphatic rings. The molecule has 0 spiro atoms. The van der Waals surface area contributed by atoms with E-state index < -0.39 is 70.9 Å². The number of ether oxygens (including phenoxy) is 4. The molecule has 3 heterocycles. The van der Waals surface area contributed by atoms with Gasteiger partial charge in [-0.05, 0) is 43.8 Å². The van der Waals surface area contributed by atoms with Crippen LogP contribution in [-0.2, 0) is 23.7 Å². The van der Waals surface area contributed by atoms with E-state index in [2.05, 4.69) is 20.4 Å². The van der Waals surface area contributed by atoms with Crippen LogP contribution in [-0.4, -0.2) is 74.4 Å². The predicted octanol–water partition coefficient (Wildman–Crippen LogP) is 3.32. The summed E-state index contributed by atoms with van der Waals surface area (Å²) < 4.78 is 26.7. The maximum atomic E-state index is 13.5. The number of rotatable bonds is 10. The Hall–Kier alpha value is -1.13. The van der Waals surface area contributed by atoms with Gasteiger partial charge in [0.15, 0.2) is 11.4 Å². The van der Waals surface area contributed by atoms with Crippen LogP contribution in [0.5, 0.6) is 0 Å². The molecule has 5 fully saturated rings. The molecule has 3 aliphatic carbocycles. The molecule has 2 saturated carbocycles. The highest BCUT2D eigenvalue weighted by atomic mass is 16.9. The smallest absolute Gasteiger partial charge is 0.284 e. The quantitative estimate of drug-likeness (QED) is 0.223. The van der Waals surface area contributed by atoms with Gasteiger partial charge >= 0.3 is 0 Å². The fourth-order valence-corrected chi connectivity index (χ4v) is 8.83. The summed E-state index contributed by atoms with van der Waals surface area (Å²) in [6.07, 6.45) is 7.99. The molecule has 0 radical (unpaired) electrons. The van der Waals surface area contributed by atoms with Gasteiger partial charge in [0.25, 0.3) is 5.97 Å². The Morgan fingerprint density at radius 3 is 2.45 bits per heavy atom. The Labute approximate surface area is 225 Å². The van der Waals surface area contributed by atoms with Crippen molar-refractivity contribution in [2.24, 2.45) is 17.8 Å². The molecular formula is C30H44O8. The van der Waals surface area contributed by atoms with Crippen LogP contribution in [0.3, 0.4) is 0 Å². The number of carbonyl (C=O) groups excluding carboxylic acids is 1. The molecule has 3 bridgehead atoms. The minimum absolute atomic E-state index is 0.183. The zero-order valence-electron chi connectivity index (χ0n) is 23.2. The van der Waals surface area contributed by atoms with Crippen LogP contribution in [0.2, 0.25) is 0 Å². The second kappa shape index (κ2) is 8.68. The van der Waals surface area contributed by atoms with Gasteiger partial charge in [-0.25, -0.2) is 0 Å². The fraction of sp³-hybridized carbons (Fsp3) is 0.833. The van der Waals surface area contributed by atoms with Gasteiger partial charge in [0.2, 0.25) is 0 Å². The summed E-state index contributed by atoms with van der Waals surface area (Å²) in [5.74, 6) is -3.38. The summed E-state index contributed by atoms with van der Waals surface area (Å²) >= 11 is 0. The van der Waals surface area contributed by atoms with Crippen molar-refractivity contribution in [1.82, 2.24) is 0 Å². The summed E-state index contributed by atoms with van der Waals surface area (Å²) in [6.45, 7) is 11.7. The average Bonchev–Trinajstić information content (AvgIpc) is 3.52. The summed E-state index contributed by atoms with van der Waals surface area (Å²) in [7, 11) is 0. The molecule has 0 amide bonds. The zero-order valence-corrected chi connectivity index (χ0v) is 23.2. The average molecular weight is 533 g/mol. The number of fused-ring (bicyclic) bond motifs is 3. The topological polar surface area (TPSA) is 118 Å². The Morgan fingerprint density at radius 1 is 1.11 bits per heavy atom. The van der Waals surface area contributed by atoms with Crippen LogP contribution in [0, 0.1) is 17.8 Å². The van der Waals surface area contributed by atoms with Gasteiger partial charge in [-0.3, -0.25) is 4.79 Å². The second-order valence-electron chi connectivity index (χ2n) is 13.0. The van der Waals surface area contributed by atoms with E-state index in [-0.39, 0.29) is 5.92 Å². The van der Waals surface area contributed by atoms with Crippen LogP contribution in [0.1, 0.15) is 85.5 Å². The van der Waals surface area contributed by atoms with Gasteiger partial charge in [0.05, 0.1) is 12.2 Å². The number of aliphatic hydroxyl groups excluding tert-OH is 2. The standard InChI is InChI=1S/C30H44O8/c1-6-7-8-9-10-11-12-13-28-36-23-21-24-27(16-31,35-24)25(33)29(34)20(14-18(4)22(29)32)30(21,38-28)19(5)15-26(23,37-28)17(2)3/h14,19-21,23-25,31,33-34H,2,6-13,15-16H2,1,3-5H3/t19-,20?,21?,23-,24+,25-,26-,27+,28?,29-,30+/m1/s1. The largest absolute Gasteiger partial charge is 0.393 e. The summed E-state index contributed by atoms with van der Waals surface area (Å²) in [5, 5.41) is 34.1. The third-order valence-corrected chi connectivity index (χ3v) is 10.8. The molecule has 38 heavy (non-hydrogen) atoms. The van der Waals surface area contributed by atoms with Crippen LogP contribution >= 0.6 is 0 Å². The Balaban J connectivity index is 1.41. The molecule has 3 N–H and O–H groups in total. The first kappa shape index (κ1) is 27.1. The first-order valence-electron chi connectivity index (χ1n) is 14.7. The van der Waals surface area contributed by atoms with Gasteiger partial charge in [0.1, 0.15) is 29.5 Å². The lowest BCUT2D eigenvalue weighted by Crippen LogP contribution is -2.72. The van der Waals surface area contributed by atoms with Crippen molar-refractivity contribution >= 4 is 5.78 Å². The number of carbonyl (C=O) groups is 1. The van der Waals surface area contributed by atoms with Crippen LogP contribution in [0.15, 0.2) is 23.8 Å². The number of hydrogen-bond acceptors (Lipinski definition) is 8. The zero-order chi connectivity index (χ0) is 27.3. The SMILES string of the molecule is C=C(C)[C@]12C[C@@H](C)[C@@]34OC(CCCCCCCCC)(O[C@@H]1C3[C@@H]1O[C@]1(CO)[C@@H](O)[C@]1(O)C(=O)C(C)=CC41)O2. The summed E-state index contributed by atoms with van der Waals surface area (Å²) in [4.78, 5) is 13.5. The lowest BCUT2D eigenvalue weighted by molar-refractivity contribution is -0.430. The molecule has 212 valence electrons. The molecule has 11 atom stereocenters. The van der Waals surface area contributed by atoms with Crippen LogP contribution in [0.4, 0.5) is 0 Å². The Morgan fingerprint density at radius 2 is 1.79 bits per heavy atom. The molecule has 0 aromatic rings. The van der Waals surface area contributed by atoms with Crippen molar-refractivity contribution in [1.29, 1.82) is 0 Å². The van der Waals surface area contributed by atoms with E-state index in [1.165, 1.54) is 25.7 Å². The van der Waals surface area contributed by atoms with E-state index in [1.807, 2.05) is 6.92 Å². The van der Waals surface area contributed by atoms with Crippen molar-refractivity contribution in [2.45, 2.75) is 132 Å². The van der Waals surface area contributed by atoms with Crippen molar-refractivity contribution in [3.05, 3.63) is 23.8 Å². The number of unbranched alkanes of at least 4 members (excludes halogenated alkanes) is 6. The van der Waals surface area contributed by atoms with E-state index in [0.29, 0.717) is 18.4 Å². The monoisotopic (exact) mass is 532 g/mol. The molecular weight excluding hydrogens is 488 g/mol. The molecule has 8 nitrogen and oxygen atoms in total. The highest BCUT2D eigenvalue weighted by Gasteiger charge is 2.88. The maximum absolute atomic E-state index is 13.5. The highest BCUT2D eigenvalue weighted by Crippen LogP contribution is 2.73. The van der Waals surface area contributed by atoms with Gasteiger partial charge in [0, 0.05) is 18.3 Å². The Kier molecular flexibility index (Phi) is 6.18. The number of Topliss-reactive ketones (excluding diaryl/α,β-unsaturated/α-hetero) is 1. The molecule has 0 aromatic carbocycles. The van der Waals surface area contributed by atoms with E-state index >= 15 is 0 Å². The first-order valence-corrected chi connectivity index (χ1v) is 14.7. The summed E-state index contributed by atoms with van der Waals surface area (Å²) in [5.41, 5.74) is -4.36. The Bertz CT molecular complexity index is 1060. The van der Waals surface area contributed by atoms with Gasteiger partial charge < -0.3 is 34.3 Å². The van der Waals surface area contributed by atoms with Crippen molar-refractivity contribution in [3.8, 4) is 0 Å². The van der Waals surface area contributed by atoms with Gasteiger partial charge in [-0.15, -0.1) is 0 Å². The normalized spacial score (nSPS) is 51.8. The number of hydrogen-bond donors (Lipinski definition) is 3. The molecule has 6 rings (SSSR count). The number of aliphatic hydroxyl groups is 3. The van der Waals surface area contributed by atoms with Crippen molar-refractivity contribution in [3.63, 3.8) is 0 Å². The van der Waals surface area contributed by atoms with Crippen molar-refractivity contribution in [2.75, 3.05) is 6.61 Å². The number of epoxide rings is 1. The molecule has 3 unspecified atom stereocenters. The third kappa shape index (κ3) is 3.14. The molecule has 3 saturated heterocycles. The maximum Gasteiger partial charge on any atom is 0.284 e. The second-order valence-corrected chi connectivity index (χ2v) is 13.0. The van der Waals surface area contributed by atoms with Crippen molar-refractivity contribution < 1.29 is 39.1 Å². The van der Waals surface area contributed by atoms with E-state index in [9.17, 15) is 20.1 Å². The summed E-state index contributed by atoms with van der Waals surface area (Å²) in [6, 6.07) is 0. The van der Waals surface area contributed by atoms with E-state index in [4.69, 9.17) is 18.9 Å². The molecule has 3 aliphatic heterocycles. The lowest BCUT2D eigenvalue weighted by atomic mass is 9.54. The highest BCUT2D eigenvalue weighted by molar-refractivity contribution is 6.05. The van der Waals surface area contributed by atoms with Crippen LogP contribution in [0.25, 0.3) is 0 Å². The molecule has 0 aromatic heterocycles. The van der Waals surface area contributed by atoms with Crippen LogP contribution < -0.4 is 0 Å². The number of ketones is 1. The first-order chi connectivity index (χ1) is 18.0. The van der Waals surface area contributed by atoms with Gasteiger partial charge in [-0.1, -0.05) is 65.0 Å². The lowest BCUT2D eigenvalue weighted by Gasteiger charge is -2.59. The molecule has 8 heteroatoms. The predicted molar refractivity (Wildman–Crippen MR) is 138 cm³/mol. The van der Waals surface area contributed by atoms with Gasteiger partial charge in [-0.2, -0.15) is 0 Å². The minimum Gasteiger partial charge on any atom is -0.393 e. The fourth-order valence-electron chi connectivity index (χ4n) is 8.83. The van der Waals surface area contributed by atoms with E-state index in [0.717, 1.165) is 24.8 Å². The minimum atomic E-state index is -2.18.